The van der Waals surface area contributed by atoms with Crippen LogP contribution >= 0.6 is 11.6 Å². The predicted molar refractivity (Wildman–Crippen MR) is 90.7 cm³/mol. The van der Waals surface area contributed by atoms with Gasteiger partial charge in [-0.05, 0) is 24.3 Å². The average molecular weight is 336 g/mol. The first-order valence-electron chi connectivity index (χ1n) is 7.30. The van der Waals surface area contributed by atoms with Crippen LogP contribution in [-0.2, 0) is 6.54 Å². The Kier molecular flexibility index (Phi) is 5.58. The van der Waals surface area contributed by atoms with Gasteiger partial charge in [-0.3, -0.25) is 10.1 Å². The zero-order valence-electron chi connectivity index (χ0n) is 13.2. The van der Waals surface area contributed by atoms with Gasteiger partial charge in [-0.15, -0.1) is 0 Å². The van der Waals surface area contributed by atoms with Crippen LogP contribution in [0.25, 0.3) is 0 Å². The van der Waals surface area contributed by atoms with Crippen LogP contribution in [0.5, 0.6) is 5.75 Å². The number of para-hydroxylation sites is 1. The third-order valence-corrected chi connectivity index (χ3v) is 3.86. The minimum Gasteiger partial charge on any atom is -0.486 e. The van der Waals surface area contributed by atoms with E-state index in [1.165, 1.54) is 12.1 Å². The lowest BCUT2D eigenvalue weighted by atomic mass is 10.2. The lowest BCUT2D eigenvalue weighted by Gasteiger charge is -2.29. The maximum Gasteiger partial charge on any atom is 0.269 e. The van der Waals surface area contributed by atoms with Crippen LogP contribution in [0.3, 0.4) is 0 Å². The number of hydrogen-bond donors (Lipinski definition) is 0. The van der Waals surface area contributed by atoms with E-state index in [1.807, 2.05) is 18.2 Å². The molecule has 122 valence electrons. The van der Waals surface area contributed by atoms with Crippen LogP contribution < -0.4 is 4.74 Å². The molecule has 2 aromatic carbocycles. The Balaban J connectivity index is 1.88. The third kappa shape index (κ3) is 5.23. The molecule has 0 heterocycles. The highest BCUT2D eigenvalue weighted by atomic mass is 35.5. The lowest BCUT2D eigenvalue weighted by Crippen LogP contribution is -2.42. The van der Waals surface area contributed by atoms with Gasteiger partial charge in [0.2, 0.25) is 0 Å². The molecule has 0 fully saturated rings. The van der Waals surface area contributed by atoms with E-state index >= 15 is 0 Å². The third-order valence-electron chi connectivity index (χ3n) is 3.55. The van der Waals surface area contributed by atoms with Crippen molar-refractivity contribution in [3.8, 4) is 5.75 Å². The molecule has 0 aliphatic carbocycles. The normalized spacial score (nSPS) is 11.3. The summed E-state index contributed by atoms with van der Waals surface area (Å²) in [5, 5.41) is 11.3. The monoisotopic (exact) mass is 335 g/mol. The fraction of sp³-hybridized carbons (Fsp3) is 0.294. The second kappa shape index (κ2) is 7.44. The zero-order chi connectivity index (χ0) is 16.9. The highest BCUT2D eigenvalue weighted by Gasteiger charge is 2.17. The number of likely N-dealkylation sites (N-methyl/N-ethyl adjacent to an activating group) is 1. The van der Waals surface area contributed by atoms with Gasteiger partial charge in [0.1, 0.15) is 25.4 Å². The summed E-state index contributed by atoms with van der Waals surface area (Å²) in [6, 6.07) is 14.1. The van der Waals surface area contributed by atoms with E-state index in [2.05, 4.69) is 14.1 Å². The number of benzene rings is 2. The quantitative estimate of drug-likeness (QED) is 0.438. The number of non-ortho nitro benzene ring substituents is 1. The van der Waals surface area contributed by atoms with Crippen LogP contribution in [0.4, 0.5) is 5.69 Å². The van der Waals surface area contributed by atoms with Crippen molar-refractivity contribution >= 4 is 17.3 Å². The van der Waals surface area contributed by atoms with Crippen molar-refractivity contribution in [2.75, 3.05) is 27.2 Å². The Bertz CT molecular complexity index is 672. The molecule has 0 atom stereocenters. The van der Waals surface area contributed by atoms with Crippen molar-refractivity contribution in [1.82, 2.24) is 0 Å². The van der Waals surface area contributed by atoms with E-state index in [9.17, 15) is 10.1 Å². The van der Waals surface area contributed by atoms with E-state index in [1.54, 1.807) is 18.2 Å². The number of nitro benzene ring substituents is 1. The topological polar surface area (TPSA) is 52.4 Å². The van der Waals surface area contributed by atoms with E-state index < -0.39 is 0 Å². The number of quaternary nitrogens is 1. The number of rotatable bonds is 7. The average Bonchev–Trinajstić information content (AvgIpc) is 2.49. The molecule has 0 saturated heterocycles. The van der Waals surface area contributed by atoms with Gasteiger partial charge < -0.3 is 9.22 Å². The maximum absolute atomic E-state index is 10.7. The molecule has 0 unspecified atom stereocenters. The first-order valence-corrected chi connectivity index (χ1v) is 7.68. The molecule has 0 spiro atoms. The van der Waals surface area contributed by atoms with E-state index in [0.717, 1.165) is 18.7 Å². The van der Waals surface area contributed by atoms with Crippen molar-refractivity contribution in [3.63, 3.8) is 0 Å². The number of nitro groups is 1. The SMILES string of the molecule is C[N+](C)(CCOc1ccccc1Cl)Cc1ccc([N+](=O)[O-])cc1. The molecule has 6 heteroatoms. The summed E-state index contributed by atoms with van der Waals surface area (Å²) in [4.78, 5) is 10.3. The molecule has 5 nitrogen and oxygen atoms in total. The summed E-state index contributed by atoms with van der Waals surface area (Å²) in [7, 11) is 4.19. The number of halogens is 1. The van der Waals surface area contributed by atoms with Gasteiger partial charge in [0.25, 0.3) is 5.69 Å². The van der Waals surface area contributed by atoms with Gasteiger partial charge in [-0.2, -0.15) is 0 Å². The summed E-state index contributed by atoms with van der Waals surface area (Å²) >= 11 is 6.06. The largest absolute Gasteiger partial charge is 0.486 e. The Hall–Kier alpha value is -2.11. The van der Waals surface area contributed by atoms with Gasteiger partial charge in [0.15, 0.2) is 0 Å². The zero-order valence-corrected chi connectivity index (χ0v) is 14.0. The van der Waals surface area contributed by atoms with Gasteiger partial charge in [0, 0.05) is 17.7 Å². The van der Waals surface area contributed by atoms with Crippen LogP contribution in [0, 0.1) is 10.1 Å². The minimum absolute atomic E-state index is 0.112. The summed E-state index contributed by atoms with van der Waals surface area (Å²) in [5.74, 6) is 0.685. The van der Waals surface area contributed by atoms with Crippen LogP contribution in [0.2, 0.25) is 5.02 Å². The van der Waals surface area contributed by atoms with Gasteiger partial charge in [-0.25, -0.2) is 0 Å². The van der Waals surface area contributed by atoms with Crippen LogP contribution in [-0.4, -0.2) is 36.7 Å². The number of hydrogen-bond acceptors (Lipinski definition) is 3. The first kappa shape index (κ1) is 17.2. The molecule has 2 rings (SSSR count). The standard InChI is InChI=1S/C17H20ClN2O3/c1-20(2,11-12-23-17-6-4-3-5-16(17)18)13-14-7-9-15(10-8-14)19(21)22/h3-10H,11-13H2,1-2H3/q+1. The highest BCUT2D eigenvalue weighted by molar-refractivity contribution is 6.32. The Morgan fingerprint density at radius 3 is 2.39 bits per heavy atom. The van der Waals surface area contributed by atoms with Gasteiger partial charge in [-0.1, -0.05) is 23.7 Å². The molecular weight excluding hydrogens is 316 g/mol. The van der Waals surface area contributed by atoms with Crippen LogP contribution in [0.15, 0.2) is 48.5 Å². The van der Waals surface area contributed by atoms with Gasteiger partial charge >= 0.3 is 0 Å². The molecule has 0 aliphatic rings. The van der Waals surface area contributed by atoms with Crippen molar-refractivity contribution in [2.24, 2.45) is 0 Å². The molecule has 0 aliphatic heterocycles. The Morgan fingerprint density at radius 1 is 1.13 bits per heavy atom. The molecular formula is C17H20ClN2O3+. The molecule has 0 N–H and O–H groups in total. The minimum atomic E-state index is -0.388. The summed E-state index contributed by atoms with van der Waals surface area (Å²) in [5.41, 5.74) is 1.17. The number of nitrogens with zero attached hydrogens (tertiary/aromatic N) is 2. The summed E-state index contributed by atoms with van der Waals surface area (Å²) < 4.78 is 6.43. The maximum atomic E-state index is 10.7. The molecule has 0 amide bonds. The fourth-order valence-corrected chi connectivity index (χ4v) is 2.45. The smallest absolute Gasteiger partial charge is 0.269 e. The summed E-state index contributed by atoms with van der Waals surface area (Å²) in [6.07, 6.45) is 0. The first-order chi connectivity index (χ1) is 10.9. The van der Waals surface area contributed by atoms with Crippen molar-refractivity contribution in [1.29, 1.82) is 0 Å². The fourth-order valence-electron chi connectivity index (χ4n) is 2.26. The van der Waals surface area contributed by atoms with Crippen LogP contribution in [0.1, 0.15) is 5.56 Å². The Labute approximate surface area is 140 Å². The van der Waals surface area contributed by atoms with Gasteiger partial charge in [0.05, 0.1) is 24.0 Å². The molecule has 0 aromatic heterocycles. The molecule has 2 aromatic rings. The second-order valence-electron chi connectivity index (χ2n) is 6.02. The number of ether oxygens (including phenoxy) is 1. The lowest BCUT2D eigenvalue weighted by molar-refractivity contribution is -0.903. The van der Waals surface area contributed by atoms with Crippen molar-refractivity contribution in [2.45, 2.75) is 6.54 Å². The van der Waals surface area contributed by atoms with E-state index in [0.29, 0.717) is 21.9 Å². The Morgan fingerprint density at radius 2 is 1.78 bits per heavy atom. The van der Waals surface area contributed by atoms with Crippen molar-refractivity contribution < 1.29 is 14.1 Å². The molecule has 0 saturated carbocycles. The van der Waals surface area contributed by atoms with Crippen molar-refractivity contribution in [3.05, 3.63) is 69.2 Å². The molecule has 0 bridgehead atoms. The second-order valence-corrected chi connectivity index (χ2v) is 6.43. The predicted octanol–water partition coefficient (Wildman–Crippen LogP) is 3.90. The summed E-state index contributed by atoms with van der Waals surface area (Å²) in [6.45, 7) is 2.11. The van der Waals surface area contributed by atoms with E-state index in [4.69, 9.17) is 16.3 Å². The molecule has 23 heavy (non-hydrogen) atoms. The van der Waals surface area contributed by atoms with E-state index in [-0.39, 0.29) is 10.6 Å². The molecule has 0 radical (unpaired) electrons. The highest BCUT2D eigenvalue weighted by Crippen LogP contribution is 2.23.